The molecule has 0 saturated carbocycles. The highest BCUT2D eigenvalue weighted by atomic mass is 79.9. The molecule has 0 aliphatic heterocycles. The molecule has 1 aromatic carbocycles. The highest BCUT2D eigenvalue weighted by Crippen LogP contribution is 2.39. The number of halogens is 1. The summed E-state index contributed by atoms with van der Waals surface area (Å²) in [7, 11) is 0. The largest absolute Gasteiger partial charge is 0.504 e. The summed E-state index contributed by atoms with van der Waals surface area (Å²) >= 11 is 3.10. The molecule has 0 atom stereocenters. The molecule has 72 valence electrons. The van der Waals surface area contributed by atoms with E-state index in [1.807, 2.05) is 0 Å². The minimum absolute atomic E-state index is 0.165. The van der Waals surface area contributed by atoms with Gasteiger partial charge < -0.3 is 15.9 Å². The van der Waals surface area contributed by atoms with E-state index in [-0.39, 0.29) is 11.5 Å². The third-order valence-electron chi connectivity index (χ3n) is 1.80. The van der Waals surface area contributed by atoms with E-state index in [9.17, 15) is 10.2 Å². The van der Waals surface area contributed by atoms with Crippen LogP contribution in [0.15, 0.2) is 16.6 Å². The van der Waals surface area contributed by atoms with Crippen LogP contribution in [0.5, 0.6) is 11.5 Å². The summed E-state index contributed by atoms with van der Waals surface area (Å²) in [6.07, 6.45) is 0. The molecular weight excluding hydrogens is 234 g/mol. The Bertz CT molecular complexity index is 331. The summed E-state index contributed by atoms with van der Waals surface area (Å²) in [5.74, 6) is -0.335. The van der Waals surface area contributed by atoms with Gasteiger partial charge in [-0.2, -0.15) is 0 Å². The van der Waals surface area contributed by atoms with Crippen LogP contribution in [-0.2, 0) is 5.54 Å². The SMILES string of the molecule is CC(C)(N)c1ccc(Br)c(O)c1O. The van der Waals surface area contributed by atoms with Crippen molar-refractivity contribution in [2.75, 3.05) is 0 Å². The molecule has 0 aliphatic rings. The zero-order valence-corrected chi connectivity index (χ0v) is 9.09. The van der Waals surface area contributed by atoms with E-state index in [2.05, 4.69) is 15.9 Å². The average molecular weight is 246 g/mol. The van der Waals surface area contributed by atoms with Crippen molar-refractivity contribution in [1.82, 2.24) is 0 Å². The molecule has 0 radical (unpaired) electrons. The number of phenolic OH excluding ortho intramolecular Hbond substituents is 2. The Balaban J connectivity index is 3.35. The highest BCUT2D eigenvalue weighted by Gasteiger charge is 2.21. The lowest BCUT2D eigenvalue weighted by molar-refractivity contribution is 0.384. The Morgan fingerprint density at radius 3 is 2.23 bits per heavy atom. The van der Waals surface area contributed by atoms with Gasteiger partial charge in [-0.3, -0.25) is 0 Å². The molecule has 0 saturated heterocycles. The standard InChI is InChI=1S/C9H12BrNO2/c1-9(2,11)5-3-4-6(10)8(13)7(5)12/h3-4,12-13H,11H2,1-2H3. The maximum absolute atomic E-state index is 9.55. The van der Waals surface area contributed by atoms with Crippen LogP contribution < -0.4 is 5.73 Å². The maximum Gasteiger partial charge on any atom is 0.172 e. The fourth-order valence-electron chi connectivity index (χ4n) is 1.07. The Morgan fingerprint density at radius 2 is 1.77 bits per heavy atom. The molecule has 4 N–H and O–H groups in total. The Hall–Kier alpha value is -0.740. The van der Waals surface area contributed by atoms with Gasteiger partial charge in [-0.05, 0) is 35.8 Å². The summed E-state index contributed by atoms with van der Waals surface area (Å²) in [5.41, 5.74) is 5.65. The first-order valence-electron chi connectivity index (χ1n) is 3.84. The van der Waals surface area contributed by atoms with Crippen LogP contribution in [0, 0.1) is 0 Å². The number of nitrogens with two attached hydrogens (primary N) is 1. The quantitative estimate of drug-likeness (QED) is 0.664. The monoisotopic (exact) mass is 245 g/mol. The van der Waals surface area contributed by atoms with E-state index in [1.54, 1.807) is 26.0 Å². The number of rotatable bonds is 1. The smallest absolute Gasteiger partial charge is 0.172 e. The van der Waals surface area contributed by atoms with Crippen molar-refractivity contribution in [2.45, 2.75) is 19.4 Å². The van der Waals surface area contributed by atoms with Crippen molar-refractivity contribution in [2.24, 2.45) is 5.73 Å². The molecule has 3 nitrogen and oxygen atoms in total. The fourth-order valence-corrected chi connectivity index (χ4v) is 1.39. The lowest BCUT2D eigenvalue weighted by Crippen LogP contribution is -2.28. The van der Waals surface area contributed by atoms with Crippen LogP contribution in [0.4, 0.5) is 0 Å². The molecule has 0 heterocycles. The van der Waals surface area contributed by atoms with Crippen molar-refractivity contribution in [3.05, 3.63) is 22.2 Å². The molecule has 0 spiro atoms. The normalized spacial score (nSPS) is 11.7. The molecule has 0 aliphatic carbocycles. The summed E-state index contributed by atoms with van der Waals surface area (Å²) in [6.45, 7) is 3.52. The highest BCUT2D eigenvalue weighted by molar-refractivity contribution is 9.10. The van der Waals surface area contributed by atoms with Gasteiger partial charge in [0, 0.05) is 11.1 Å². The summed E-state index contributed by atoms with van der Waals surface area (Å²) in [6, 6.07) is 3.33. The van der Waals surface area contributed by atoms with Gasteiger partial charge in [0.05, 0.1) is 4.47 Å². The lowest BCUT2D eigenvalue weighted by atomic mass is 9.94. The van der Waals surface area contributed by atoms with Gasteiger partial charge >= 0.3 is 0 Å². The minimum Gasteiger partial charge on any atom is -0.504 e. The summed E-state index contributed by atoms with van der Waals surface area (Å²) < 4.78 is 0.456. The molecule has 1 aromatic rings. The Morgan fingerprint density at radius 1 is 1.23 bits per heavy atom. The van der Waals surface area contributed by atoms with Crippen LogP contribution in [0.25, 0.3) is 0 Å². The van der Waals surface area contributed by atoms with Crippen molar-refractivity contribution in [3.8, 4) is 11.5 Å². The number of aromatic hydroxyl groups is 2. The predicted molar refractivity (Wildman–Crippen MR) is 54.7 cm³/mol. The van der Waals surface area contributed by atoms with Crippen LogP contribution in [0.2, 0.25) is 0 Å². The Kier molecular flexibility index (Phi) is 2.54. The van der Waals surface area contributed by atoms with Gasteiger partial charge in [0.2, 0.25) is 0 Å². The third-order valence-corrected chi connectivity index (χ3v) is 2.44. The third kappa shape index (κ3) is 1.95. The number of benzene rings is 1. The van der Waals surface area contributed by atoms with Gasteiger partial charge in [-0.25, -0.2) is 0 Å². The molecular formula is C9H12BrNO2. The van der Waals surface area contributed by atoms with Crippen LogP contribution in [-0.4, -0.2) is 10.2 Å². The summed E-state index contributed by atoms with van der Waals surface area (Å²) in [4.78, 5) is 0. The zero-order valence-electron chi connectivity index (χ0n) is 7.50. The molecule has 0 fully saturated rings. The number of phenols is 2. The van der Waals surface area contributed by atoms with Crippen molar-refractivity contribution >= 4 is 15.9 Å². The molecule has 13 heavy (non-hydrogen) atoms. The topological polar surface area (TPSA) is 66.5 Å². The lowest BCUT2D eigenvalue weighted by Gasteiger charge is -2.21. The van der Waals surface area contributed by atoms with Gasteiger partial charge in [-0.1, -0.05) is 6.07 Å². The van der Waals surface area contributed by atoms with Crippen molar-refractivity contribution in [1.29, 1.82) is 0 Å². The van der Waals surface area contributed by atoms with E-state index in [0.717, 1.165) is 0 Å². The molecule has 0 aromatic heterocycles. The van der Waals surface area contributed by atoms with Gasteiger partial charge in [0.15, 0.2) is 11.5 Å². The minimum atomic E-state index is -0.664. The maximum atomic E-state index is 9.55. The second kappa shape index (κ2) is 3.20. The zero-order chi connectivity index (χ0) is 10.2. The van der Waals surface area contributed by atoms with Crippen molar-refractivity contribution in [3.63, 3.8) is 0 Å². The van der Waals surface area contributed by atoms with Gasteiger partial charge in [-0.15, -0.1) is 0 Å². The molecule has 1 rings (SSSR count). The first-order valence-corrected chi connectivity index (χ1v) is 4.63. The van der Waals surface area contributed by atoms with E-state index in [1.165, 1.54) is 0 Å². The van der Waals surface area contributed by atoms with Crippen LogP contribution in [0.3, 0.4) is 0 Å². The van der Waals surface area contributed by atoms with Crippen molar-refractivity contribution < 1.29 is 10.2 Å². The average Bonchev–Trinajstić information content (AvgIpc) is 1.98. The van der Waals surface area contributed by atoms with Crippen LogP contribution >= 0.6 is 15.9 Å². The second-order valence-corrected chi connectivity index (χ2v) is 4.37. The Labute approximate surface area is 85.3 Å². The van der Waals surface area contributed by atoms with E-state index in [0.29, 0.717) is 10.0 Å². The van der Waals surface area contributed by atoms with E-state index < -0.39 is 5.54 Å². The molecule has 4 heteroatoms. The molecule has 0 bridgehead atoms. The summed E-state index contributed by atoms with van der Waals surface area (Å²) in [5, 5.41) is 19.0. The number of hydrogen-bond acceptors (Lipinski definition) is 3. The molecule has 0 amide bonds. The van der Waals surface area contributed by atoms with Gasteiger partial charge in [0.1, 0.15) is 0 Å². The van der Waals surface area contributed by atoms with Gasteiger partial charge in [0.25, 0.3) is 0 Å². The number of hydrogen-bond donors (Lipinski definition) is 3. The fraction of sp³-hybridized carbons (Fsp3) is 0.333. The van der Waals surface area contributed by atoms with E-state index in [4.69, 9.17) is 5.73 Å². The first-order chi connectivity index (χ1) is 5.84. The van der Waals surface area contributed by atoms with E-state index >= 15 is 0 Å². The molecule has 0 unspecified atom stereocenters. The first kappa shape index (κ1) is 10.3. The second-order valence-electron chi connectivity index (χ2n) is 3.51. The van der Waals surface area contributed by atoms with Crippen LogP contribution in [0.1, 0.15) is 19.4 Å². The predicted octanol–water partition coefficient (Wildman–Crippen LogP) is 2.05.